The number of hydrogen-bond donors (Lipinski definition) is 2. The molecular weight excluding hydrogens is 324 g/mol. The maximum Gasteiger partial charge on any atom is 0.273 e. The fourth-order valence-electron chi connectivity index (χ4n) is 2.54. The first-order chi connectivity index (χ1) is 11.6. The minimum Gasteiger partial charge on any atom is -0.396 e. The minimum absolute atomic E-state index is 0.136. The zero-order valence-corrected chi connectivity index (χ0v) is 14.0. The molecule has 1 aromatic heterocycles. The fourth-order valence-corrected chi connectivity index (χ4v) is 2.80. The molecule has 6 heteroatoms. The van der Waals surface area contributed by atoms with Gasteiger partial charge in [0.2, 0.25) is 0 Å². The summed E-state index contributed by atoms with van der Waals surface area (Å²) in [5, 5.41) is 12.3. The molecule has 3 N–H and O–H groups in total. The fraction of sp³-hybridized carbons (Fsp3) is 0.167. The monoisotopic (exact) mass is 340 g/mol. The Labute approximate surface area is 144 Å². The number of hydrogen-bond acceptors (Lipinski definition) is 4. The van der Waals surface area contributed by atoms with Crippen molar-refractivity contribution in [2.75, 3.05) is 12.3 Å². The van der Waals surface area contributed by atoms with Gasteiger partial charge in [0.1, 0.15) is 5.52 Å². The number of carbonyl (C=O) groups is 1. The highest BCUT2D eigenvalue weighted by molar-refractivity contribution is 6.35. The lowest BCUT2D eigenvalue weighted by Crippen LogP contribution is -2.26. The Morgan fingerprint density at radius 2 is 1.92 bits per heavy atom. The number of nitrogens with one attached hydrogen (secondary N) is 1. The summed E-state index contributed by atoms with van der Waals surface area (Å²) < 4.78 is 0. The van der Waals surface area contributed by atoms with Gasteiger partial charge in [-0.05, 0) is 24.1 Å². The molecule has 0 atom stereocenters. The van der Waals surface area contributed by atoms with E-state index in [9.17, 15) is 4.79 Å². The molecule has 3 aromatic rings. The van der Waals surface area contributed by atoms with E-state index in [2.05, 4.69) is 15.5 Å². The van der Waals surface area contributed by atoms with Crippen LogP contribution in [-0.4, -0.2) is 22.6 Å². The second-order valence-electron chi connectivity index (χ2n) is 5.40. The van der Waals surface area contributed by atoms with Crippen LogP contribution in [0.3, 0.4) is 0 Å². The van der Waals surface area contributed by atoms with Crippen molar-refractivity contribution in [2.45, 2.75) is 13.3 Å². The molecule has 122 valence electrons. The van der Waals surface area contributed by atoms with E-state index < -0.39 is 0 Å². The number of fused-ring (bicyclic) bond motifs is 1. The molecule has 0 aliphatic rings. The lowest BCUT2D eigenvalue weighted by atomic mass is 10.0. The highest BCUT2D eigenvalue weighted by Gasteiger charge is 2.18. The van der Waals surface area contributed by atoms with Crippen molar-refractivity contribution in [1.29, 1.82) is 0 Å². The Kier molecular flexibility index (Phi) is 4.62. The van der Waals surface area contributed by atoms with Gasteiger partial charge in [-0.3, -0.25) is 4.79 Å². The molecule has 0 bridgehead atoms. The van der Waals surface area contributed by atoms with E-state index in [-0.39, 0.29) is 11.6 Å². The third-order valence-corrected chi connectivity index (χ3v) is 4.05. The van der Waals surface area contributed by atoms with Crippen molar-refractivity contribution in [2.24, 2.45) is 0 Å². The van der Waals surface area contributed by atoms with Crippen molar-refractivity contribution in [1.82, 2.24) is 15.5 Å². The number of nitrogens with zero attached hydrogens (tertiary/aromatic N) is 2. The third-order valence-electron chi connectivity index (χ3n) is 3.74. The van der Waals surface area contributed by atoms with Crippen LogP contribution in [0.25, 0.3) is 22.0 Å². The number of nitrogen functional groups attached to an aromatic ring is 1. The molecule has 24 heavy (non-hydrogen) atoms. The molecule has 0 aliphatic carbocycles. The van der Waals surface area contributed by atoms with Crippen molar-refractivity contribution in [3.05, 3.63) is 53.2 Å². The van der Waals surface area contributed by atoms with Crippen LogP contribution in [0.2, 0.25) is 5.02 Å². The number of nitrogens with two attached hydrogens (primary N) is 1. The summed E-state index contributed by atoms with van der Waals surface area (Å²) in [5.74, 6) is -0.319. The van der Waals surface area contributed by atoms with E-state index in [1.807, 2.05) is 37.3 Å². The molecule has 0 spiro atoms. The van der Waals surface area contributed by atoms with Crippen LogP contribution in [-0.2, 0) is 0 Å². The Balaban J connectivity index is 2.18. The Bertz CT molecular complexity index is 896. The summed E-state index contributed by atoms with van der Waals surface area (Å²) >= 11 is 6.37. The van der Waals surface area contributed by atoms with E-state index in [1.165, 1.54) is 0 Å². The zero-order valence-electron chi connectivity index (χ0n) is 13.2. The molecule has 5 nitrogen and oxygen atoms in total. The van der Waals surface area contributed by atoms with Crippen molar-refractivity contribution in [3.8, 4) is 11.1 Å². The van der Waals surface area contributed by atoms with Gasteiger partial charge in [-0.1, -0.05) is 48.9 Å². The largest absolute Gasteiger partial charge is 0.396 e. The van der Waals surface area contributed by atoms with Crippen LogP contribution in [0, 0.1) is 0 Å². The molecule has 0 aliphatic heterocycles. The summed E-state index contributed by atoms with van der Waals surface area (Å²) in [6.07, 6.45) is 0.834. The van der Waals surface area contributed by atoms with Crippen LogP contribution in [0.15, 0.2) is 42.5 Å². The van der Waals surface area contributed by atoms with Crippen LogP contribution >= 0.6 is 11.6 Å². The average molecular weight is 341 g/mol. The molecule has 0 saturated carbocycles. The summed E-state index contributed by atoms with van der Waals surface area (Å²) in [4.78, 5) is 12.2. The number of rotatable bonds is 4. The second kappa shape index (κ2) is 6.84. The highest BCUT2D eigenvalue weighted by atomic mass is 35.5. The third kappa shape index (κ3) is 2.90. The number of halogens is 1. The zero-order chi connectivity index (χ0) is 17.1. The molecule has 1 heterocycles. The van der Waals surface area contributed by atoms with Gasteiger partial charge in [-0.15, -0.1) is 10.2 Å². The molecule has 0 saturated heterocycles. The minimum atomic E-state index is -0.319. The number of amides is 1. The smallest absolute Gasteiger partial charge is 0.273 e. The molecule has 0 radical (unpaired) electrons. The van der Waals surface area contributed by atoms with Crippen LogP contribution in [0.5, 0.6) is 0 Å². The summed E-state index contributed by atoms with van der Waals surface area (Å²) in [6, 6.07) is 13.2. The molecule has 2 aromatic carbocycles. The van der Waals surface area contributed by atoms with Gasteiger partial charge in [0.15, 0.2) is 5.69 Å². The first-order valence-electron chi connectivity index (χ1n) is 7.71. The van der Waals surface area contributed by atoms with Gasteiger partial charge in [-0.2, -0.15) is 0 Å². The van der Waals surface area contributed by atoms with E-state index in [4.69, 9.17) is 17.3 Å². The molecule has 0 unspecified atom stereocenters. The number of anilines is 1. The number of benzene rings is 2. The molecule has 3 rings (SSSR count). The van der Waals surface area contributed by atoms with Crippen molar-refractivity contribution < 1.29 is 4.79 Å². The lowest BCUT2D eigenvalue weighted by molar-refractivity contribution is 0.0949. The maximum atomic E-state index is 12.2. The SMILES string of the molecule is CCCNC(=O)c1nnc2c(-c3ccccc3)c(Cl)ccc2c1N. The van der Waals surface area contributed by atoms with E-state index in [0.717, 1.165) is 17.5 Å². The number of aromatic nitrogens is 2. The molecule has 1 amide bonds. The average Bonchev–Trinajstić information content (AvgIpc) is 2.60. The molecular formula is C18H17ClN4O. The lowest BCUT2D eigenvalue weighted by Gasteiger charge is -2.12. The van der Waals surface area contributed by atoms with Crippen molar-refractivity contribution in [3.63, 3.8) is 0 Å². The number of carbonyl (C=O) groups excluding carboxylic acids is 1. The summed E-state index contributed by atoms with van der Waals surface area (Å²) in [7, 11) is 0. The van der Waals surface area contributed by atoms with E-state index in [1.54, 1.807) is 12.1 Å². The Morgan fingerprint density at radius 3 is 2.62 bits per heavy atom. The van der Waals surface area contributed by atoms with Crippen LogP contribution in [0.1, 0.15) is 23.8 Å². The quantitative estimate of drug-likeness (QED) is 0.759. The molecule has 0 fully saturated rings. The standard InChI is InChI=1S/C18H17ClN4O/c1-2-10-21-18(24)17-15(20)12-8-9-13(19)14(16(12)22-23-17)11-6-4-3-5-7-11/h3-9H,2,10H2,1H3,(H2,20,22)(H,21,24). The second-order valence-corrected chi connectivity index (χ2v) is 5.81. The topological polar surface area (TPSA) is 80.9 Å². The summed E-state index contributed by atoms with van der Waals surface area (Å²) in [5.41, 5.74) is 8.89. The van der Waals surface area contributed by atoms with Gasteiger partial charge in [0, 0.05) is 17.5 Å². The Hall–Kier alpha value is -2.66. The van der Waals surface area contributed by atoms with Gasteiger partial charge in [0.25, 0.3) is 5.91 Å². The maximum absolute atomic E-state index is 12.2. The normalized spacial score (nSPS) is 10.8. The predicted octanol–water partition coefficient (Wildman–Crippen LogP) is 3.67. The Morgan fingerprint density at radius 1 is 1.17 bits per heavy atom. The first kappa shape index (κ1) is 16.2. The summed E-state index contributed by atoms with van der Waals surface area (Å²) in [6.45, 7) is 2.54. The highest BCUT2D eigenvalue weighted by Crippen LogP contribution is 2.36. The predicted molar refractivity (Wildman–Crippen MR) is 97.0 cm³/mol. The van der Waals surface area contributed by atoms with E-state index in [0.29, 0.717) is 28.2 Å². The first-order valence-corrected chi connectivity index (χ1v) is 8.09. The van der Waals surface area contributed by atoms with Gasteiger partial charge in [0.05, 0.1) is 10.7 Å². The van der Waals surface area contributed by atoms with Gasteiger partial charge >= 0.3 is 0 Å². The van der Waals surface area contributed by atoms with E-state index >= 15 is 0 Å². The van der Waals surface area contributed by atoms with Crippen molar-refractivity contribution >= 4 is 34.1 Å². The van der Waals surface area contributed by atoms with Crippen LogP contribution in [0.4, 0.5) is 5.69 Å². The van der Waals surface area contributed by atoms with Gasteiger partial charge < -0.3 is 11.1 Å². The van der Waals surface area contributed by atoms with Gasteiger partial charge in [-0.25, -0.2) is 0 Å². The van der Waals surface area contributed by atoms with Crippen LogP contribution < -0.4 is 11.1 Å².